The quantitative estimate of drug-likeness (QED) is 0.553. The van der Waals surface area contributed by atoms with Crippen LogP contribution in [-0.2, 0) is 21.2 Å². The summed E-state index contributed by atoms with van der Waals surface area (Å²) in [5.74, 6) is 1.16. The average Bonchev–Trinajstić information content (AvgIpc) is 3.44. The summed E-state index contributed by atoms with van der Waals surface area (Å²) in [5, 5.41) is 8.53. The Hall–Kier alpha value is -3.44. The van der Waals surface area contributed by atoms with Gasteiger partial charge in [-0.15, -0.1) is 10.2 Å². The van der Waals surface area contributed by atoms with E-state index in [9.17, 15) is 13.2 Å². The predicted molar refractivity (Wildman–Crippen MR) is 124 cm³/mol. The zero-order valence-electron chi connectivity index (χ0n) is 17.6. The third-order valence-corrected chi connectivity index (χ3v) is 7.53. The van der Waals surface area contributed by atoms with Crippen molar-refractivity contribution in [2.24, 2.45) is 0 Å². The van der Waals surface area contributed by atoms with Gasteiger partial charge in [0.2, 0.25) is 11.9 Å². The third-order valence-electron chi connectivity index (χ3n) is 5.31. The van der Waals surface area contributed by atoms with E-state index in [1.807, 2.05) is 18.2 Å². The number of anilines is 2. The Morgan fingerprint density at radius 3 is 2.82 bits per heavy atom. The average molecular weight is 485 g/mol. The molecular formula is C22H20N4O5S2. The molecule has 0 radical (unpaired) electrons. The first kappa shape index (κ1) is 21.4. The van der Waals surface area contributed by atoms with E-state index < -0.39 is 10.0 Å². The van der Waals surface area contributed by atoms with E-state index in [4.69, 9.17) is 9.47 Å². The highest BCUT2D eigenvalue weighted by molar-refractivity contribution is 7.93. The summed E-state index contributed by atoms with van der Waals surface area (Å²) in [6.45, 7) is 2.51. The fourth-order valence-corrected chi connectivity index (χ4v) is 5.63. The number of amides is 1. The van der Waals surface area contributed by atoms with Crippen molar-refractivity contribution in [2.45, 2.75) is 24.7 Å². The number of hydrogen-bond acceptors (Lipinski definition) is 8. The molecule has 1 amide bonds. The highest BCUT2D eigenvalue weighted by Crippen LogP contribution is 2.33. The highest BCUT2D eigenvalue weighted by Gasteiger charge is 2.24. The molecule has 33 heavy (non-hydrogen) atoms. The van der Waals surface area contributed by atoms with Gasteiger partial charge in [0, 0.05) is 18.3 Å². The summed E-state index contributed by atoms with van der Waals surface area (Å²) >= 11 is 1.16. The van der Waals surface area contributed by atoms with Crippen LogP contribution in [-0.4, -0.2) is 37.9 Å². The van der Waals surface area contributed by atoms with Gasteiger partial charge in [-0.1, -0.05) is 17.4 Å². The van der Waals surface area contributed by atoms with Crippen LogP contribution in [0, 0.1) is 6.92 Å². The molecule has 0 unspecified atom stereocenters. The molecule has 3 aromatic rings. The largest absolute Gasteiger partial charge is 0.454 e. The van der Waals surface area contributed by atoms with E-state index in [0.29, 0.717) is 35.2 Å². The Bertz CT molecular complexity index is 1370. The van der Waals surface area contributed by atoms with Crippen LogP contribution in [0.25, 0.3) is 6.08 Å². The van der Waals surface area contributed by atoms with Crippen molar-refractivity contribution in [3.05, 3.63) is 58.6 Å². The molecule has 170 valence electrons. The standard InChI is InChI=1S/C22H20N4O5S2/c1-14-23-24-22(32-14)25-33(28,29)17-6-7-18-16(12-17)3-2-10-26(18)21(27)9-5-15-4-8-19-20(11-15)31-13-30-19/h4-9,11-12H,2-3,10,13H2,1H3,(H,24,25)/b9-5+. The highest BCUT2D eigenvalue weighted by atomic mass is 32.2. The van der Waals surface area contributed by atoms with E-state index in [2.05, 4.69) is 14.9 Å². The maximum Gasteiger partial charge on any atom is 0.263 e. The van der Waals surface area contributed by atoms with Crippen molar-refractivity contribution >= 4 is 44.2 Å². The Labute approximate surface area is 194 Å². The van der Waals surface area contributed by atoms with Crippen molar-refractivity contribution in [3.8, 4) is 11.5 Å². The molecule has 9 nitrogen and oxygen atoms in total. The van der Waals surface area contributed by atoms with Gasteiger partial charge in [0.1, 0.15) is 5.01 Å². The molecule has 0 spiro atoms. The molecule has 0 fully saturated rings. The van der Waals surface area contributed by atoms with Gasteiger partial charge in [0.05, 0.1) is 4.90 Å². The van der Waals surface area contributed by atoms with Crippen LogP contribution < -0.4 is 19.1 Å². The van der Waals surface area contributed by atoms with E-state index in [-0.39, 0.29) is 22.7 Å². The molecule has 5 rings (SSSR count). The van der Waals surface area contributed by atoms with Crippen LogP contribution in [0.5, 0.6) is 11.5 Å². The molecule has 2 aliphatic rings. The molecule has 11 heteroatoms. The van der Waals surface area contributed by atoms with Gasteiger partial charge >= 0.3 is 0 Å². The van der Waals surface area contributed by atoms with Crippen LogP contribution >= 0.6 is 11.3 Å². The van der Waals surface area contributed by atoms with Crippen molar-refractivity contribution in [1.82, 2.24) is 10.2 Å². The van der Waals surface area contributed by atoms with Crippen LogP contribution in [0.2, 0.25) is 0 Å². The topological polar surface area (TPSA) is 111 Å². The second-order valence-corrected chi connectivity index (χ2v) is 10.4. The van der Waals surface area contributed by atoms with Gasteiger partial charge < -0.3 is 14.4 Å². The number of carbonyl (C=O) groups is 1. The summed E-state index contributed by atoms with van der Waals surface area (Å²) in [4.78, 5) is 14.7. The van der Waals surface area contributed by atoms with Crippen LogP contribution in [0.1, 0.15) is 22.6 Å². The molecule has 0 atom stereocenters. The van der Waals surface area contributed by atoms with Gasteiger partial charge in [-0.25, -0.2) is 8.42 Å². The number of aromatic nitrogens is 2. The van der Waals surface area contributed by atoms with Crippen molar-refractivity contribution < 1.29 is 22.7 Å². The van der Waals surface area contributed by atoms with Crippen molar-refractivity contribution in [2.75, 3.05) is 23.0 Å². The number of benzene rings is 2. The fraction of sp³-hybridized carbons (Fsp3) is 0.227. The Morgan fingerprint density at radius 2 is 2.00 bits per heavy atom. The van der Waals surface area contributed by atoms with Crippen LogP contribution in [0.3, 0.4) is 0 Å². The minimum atomic E-state index is -3.80. The number of nitrogens with one attached hydrogen (secondary N) is 1. The van der Waals surface area contributed by atoms with E-state index in [1.54, 1.807) is 30.0 Å². The van der Waals surface area contributed by atoms with Gasteiger partial charge in [0.15, 0.2) is 11.5 Å². The number of sulfonamides is 1. The minimum Gasteiger partial charge on any atom is -0.454 e. The maximum atomic E-state index is 12.9. The molecule has 2 aromatic carbocycles. The molecule has 1 N–H and O–H groups in total. The summed E-state index contributed by atoms with van der Waals surface area (Å²) in [5.41, 5.74) is 2.35. The zero-order chi connectivity index (χ0) is 23.0. The normalized spacial score (nSPS) is 15.0. The molecule has 3 heterocycles. The van der Waals surface area contributed by atoms with E-state index in [1.165, 1.54) is 12.1 Å². The number of ether oxygens (including phenoxy) is 2. The lowest BCUT2D eigenvalue weighted by molar-refractivity contribution is -0.114. The number of rotatable bonds is 5. The second-order valence-electron chi connectivity index (χ2n) is 7.56. The maximum absolute atomic E-state index is 12.9. The Kier molecular flexibility index (Phi) is 5.51. The van der Waals surface area contributed by atoms with Gasteiger partial charge in [-0.3, -0.25) is 9.52 Å². The Balaban J connectivity index is 1.35. The van der Waals surface area contributed by atoms with Gasteiger partial charge in [-0.05, 0) is 67.3 Å². The summed E-state index contributed by atoms with van der Waals surface area (Å²) in [6.07, 6.45) is 4.66. The number of fused-ring (bicyclic) bond motifs is 2. The van der Waals surface area contributed by atoms with Gasteiger partial charge in [0.25, 0.3) is 15.9 Å². The first-order valence-corrected chi connectivity index (χ1v) is 12.5. The molecule has 0 saturated heterocycles. The van der Waals surface area contributed by atoms with E-state index in [0.717, 1.165) is 28.9 Å². The predicted octanol–water partition coefficient (Wildman–Crippen LogP) is 3.37. The molecule has 0 bridgehead atoms. The molecule has 2 aliphatic heterocycles. The number of aryl methyl sites for hydroxylation is 2. The lowest BCUT2D eigenvalue weighted by Crippen LogP contribution is -2.34. The lowest BCUT2D eigenvalue weighted by Gasteiger charge is -2.29. The Morgan fingerprint density at radius 1 is 1.15 bits per heavy atom. The van der Waals surface area contributed by atoms with E-state index >= 15 is 0 Å². The number of nitrogens with zero attached hydrogens (tertiary/aromatic N) is 3. The first-order chi connectivity index (χ1) is 15.9. The molecule has 0 saturated carbocycles. The summed E-state index contributed by atoms with van der Waals surface area (Å²) in [7, 11) is -3.80. The molecule has 1 aromatic heterocycles. The summed E-state index contributed by atoms with van der Waals surface area (Å²) in [6, 6.07) is 10.3. The third kappa shape index (κ3) is 4.41. The second kappa shape index (κ2) is 8.49. The smallest absolute Gasteiger partial charge is 0.263 e. The van der Waals surface area contributed by atoms with Crippen molar-refractivity contribution in [3.63, 3.8) is 0 Å². The minimum absolute atomic E-state index is 0.124. The van der Waals surface area contributed by atoms with Crippen LogP contribution in [0.15, 0.2) is 47.4 Å². The lowest BCUT2D eigenvalue weighted by atomic mass is 10.0. The number of carbonyl (C=O) groups excluding carboxylic acids is 1. The van der Waals surface area contributed by atoms with Crippen LogP contribution in [0.4, 0.5) is 10.8 Å². The molecule has 0 aliphatic carbocycles. The fourth-order valence-electron chi connectivity index (χ4n) is 3.76. The monoisotopic (exact) mass is 484 g/mol. The first-order valence-electron chi connectivity index (χ1n) is 10.2. The van der Waals surface area contributed by atoms with Gasteiger partial charge in [-0.2, -0.15) is 0 Å². The SMILES string of the molecule is Cc1nnc(NS(=O)(=O)c2ccc3c(c2)CCCN3C(=O)/C=C/c2ccc3c(c2)OCO3)s1. The van der Waals surface area contributed by atoms with Crippen molar-refractivity contribution in [1.29, 1.82) is 0 Å². The molecular weight excluding hydrogens is 464 g/mol. The summed E-state index contributed by atoms with van der Waals surface area (Å²) < 4.78 is 38.7. The number of hydrogen-bond donors (Lipinski definition) is 1. The zero-order valence-corrected chi connectivity index (χ0v) is 19.3.